The molecule has 2 rings (SSSR count). The van der Waals surface area contributed by atoms with E-state index in [2.05, 4.69) is 15.6 Å². The van der Waals surface area contributed by atoms with Crippen molar-refractivity contribution in [3.63, 3.8) is 0 Å². The maximum Gasteiger partial charge on any atom is 0.315 e. The fraction of sp³-hybridized carbons (Fsp3) is 0.231. The largest absolute Gasteiger partial charge is 0.449 e. The lowest BCUT2D eigenvalue weighted by Crippen LogP contribution is -2.34. The highest BCUT2D eigenvalue weighted by Crippen LogP contribution is 1.99. The van der Waals surface area contributed by atoms with Crippen molar-refractivity contribution in [1.29, 1.82) is 0 Å². The van der Waals surface area contributed by atoms with Crippen molar-refractivity contribution in [1.82, 2.24) is 15.6 Å². The Labute approximate surface area is 105 Å². The van der Waals surface area contributed by atoms with Crippen LogP contribution in [0.3, 0.4) is 0 Å². The van der Waals surface area contributed by atoms with Crippen molar-refractivity contribution in [2.75, 3.05) is 0 Å². The molecule has 1 heterocycles. The molecule has 0 saturated heterocycles. The van der Waals surface area contributed by atoms with Crippen LogP contribution in [-0.4, -0.2) is 11.0 Å². The van der Waals surface area contributed by atoms with Crippen LogP contribution in [0.2, 0.25) is 0 Å². The number of aromatic nitrogens is 1. The summed E-state index contributed by atoms with van der Waals surface area (Å²) in [4.78, 5) is 15.6. The predicted molar refractivity (Wildman–Crippen MR) is 66.8 cm³/mol. The number of oxazole rings is 1. The first-order chi connectivity index (χ1) is 8.74. The minimum atomic E-state index is -0.223. The first-order valence-corrected chi connectivity index (χ1v) is 5.70. The molecule has 0 spiro atoms. The van der Waals surface area contributed by atoms with Gasteiger partial charge in [0, 0.05) is 13.5 Å². The summed E-state index contributed by atoms with van der Waals surface area (Å²) in [5.74, 6) is 0.594. The monoisotopic (exact) mass is 245 g/mol. The lowest BCUT2D eigenvalue weighted by molar-refractivity contribution is 0.240. The Bertz CT molecular complexity index is 508. The van der Waals surface area contributed by atoms with Gasteiger partial charge in [0.15, 0.2) is 5.89 Å². The average Bonchev–Trinajstić information content (AvgIpc) is 2.81. The van der Waals surface area contributed by atoms with Crippen LogP contribution in [0.4, 0.5) is 4.79 Å². The van der Waals surface area contributed by atoms with Gasteiger partial charge in [-0.05, 0) is 5.56 Å². The number of carbonyl (C=O) groups excluding carboxylic acids is 1. The molecular weight excluding hydrogens is 230 g/mol. The molecule has 0 aliphatic rings. The van der Waals surface area contributed by atoms with Gasteiger partial charge in [0.05, 0.1) is 12.2 Å². The number of urea groups is 1. The number of nitrogens with one attached hydrogen (secondary N) is 2. The first kappa shape index (κ1) is 12.2. The molecule has 0 fully saturated rings. The van der Waals surface area contributed by atoms with Gasteiger partial charge in [-0.2, -0.15) is 0 Å². The van der Waals surface area contributed by atoms with Crippen molar-refractivity contribution in [3.8, 4) is 0 Å². The topological polar surface area (TPSA) is 67.2 Å². The Hall–Kier alpha value is -2.30. The van der Waals surface area contributed by atoms with Gasteiger partial charge < -0.3 is 15.1 Å². The van der Waals surface area contributed by atoms with Crippen molar-refractivity contribution >= 4 is 6.03 Å². The van der Waals surface area contributed by atoms with Crippen molar-refractivity contribution < 1.29 is 9.21 Å². The van der Waals surface area contributed by atoms with Gasteiger partial charge >= 0.3 is 6.03 Å². The molecule has 0 aliphatic heterocycles. The number of hydrogen-bond donors (Lipinski definition) is 2. The zero-order valence-electron chi connectivity index (χ0n) is 10.1. The molecule has 2 amide bonds. The summed E-state index contributed by atoms with van der Waals surface area (Å²) >= 11 is 0. The maximum atomic E-state index is 11.5. The second kappa shape index (κ2) is 5.86. The fourth-order valence-electron chi connectivity index (χ4n) is 1.50. The molecule has 2 aromatic rings. The van der Waals surface area contributed by atoms with E-state index in [1.54, 1.807) is 6.92 Å². The van der Waals surface area contributed by atoms with Crippen LogP contribution in [0.5, 0.6) is 0 Å². The van der Waals surface area contributed by atoms with E-state index < -0.39 is 0 Å². The van der Waals surface area contributed by atoms with E-state index in [-0.39, 0.29) is 6.03 Å². The summed E-state index contributed by atoms with van der Waals surface area (Å²) in [5.41, 5.74) is 1.77. The number of carbonyl (C=O) groups is 1. The van der Waals surface area contributed by atoms with Crippen LogP contribution in [0.1, 0.15) is 17.1 Å². The smallest absolute Gasteiger partial charge is 0.315 e. The van der Waals surface area contributed by atoms with Crippen LogP contribution >= 0.6 is 0 Å². The highest BCUT2D eigenvalue weighted by molar-refractivity contribution is 5.73. The van der Waals surface area contributed by atoms with Gasteiger partial charge in [0.1, 0.15) is 6.26 Å². The summed E-state index contributed by atoms with van der Waals surface area (Å²) in [6.45, 7) is 2.63. The summed E-state index contributed by atoms with van der Waals surface area (Å²) in [6, 6.07) is 9.51. The SMILES string of the molecule is Cc1nc(CNC(=O)NCc2ccccc2)co1. The van der Waals surface area contributed by atoms with E-state index in [0.717, 1.165) is 5.56 Å². The Balaban J connectivity index is 1.73. The predicted octanol–water partition coefficient (Wildman–Crippen LogP) is 1.98. The minimum Gasteiger partial charge on any atom is -0.449 e. The summed E-state index contributed by atoms with van der Waals surface area (Å²) in [7, 11) is 0. The number of amides is 2. The number of hydrogen-bond acceptors (Lipinski definition) is 3. The van der Waals surface area contributed by atoms with Crippen molar-refractivity contribution in [3.05, 3.63) is 53.7 Å². The summed E-state index contributed by atoms with van der Waals surface area (Å²) in [5, 5.41) is 5.48. The third-order valence-electron chi connectivity index (χ3n) is 2.39. The zero-order chi connectivity index (χ0) is 12.8. The molecule has 0 saturated carbocycles. The second-order valence-electron chi connectivity index (χ2n) is 3.88. The normalized spacial score (nSPS) is 10.1. The van der Waals surface area contributed by atoms with Crippen LogP contribution in [0.15, 0.2) is 41.0 Å². The molecule has 5 heteroatoms. The van der Waals surface area contributed by atoms with E-state index in [9.17, 15) is 4.79 Å². The van der Waals surface area contributed by atoms with E-state index in [1.165, 1.54) is 6.26 Å². The van der Waals surface area contributed by atoms with Crippen LogP contribution in [0.25, 0.3) is 0 Å². The van der Waals surface area contributed by atoms with Crippen LogP contribution in [-0.2, 0) is 13.1 Å². The molecule has 5 nitrogen and oxygen atoms in total. The third-order valence-corrected chi connectivity index (χ3v) is 2.39. The molecule has 0 unspecified atom stereocenters. The van der Waals surface area contributed by atoms with E-state index >= 15 is 0 Å². The summed E-state index contributed by atoms with van der Waals surface area (Å²) in [6.07, 6.45) is 1.53. The van der Waals surface area contributed by atoms with Crippen molar-refractivity contribution in [2.24, 2.45) is 0 Å². The minimum absolute atomic E-state index is 0.223. The highest BCUT2D eigenvalue weighted by atomic mass is 16.3. The molecular formula is C13H15N3O2. The van der Waals surface area contributed by atoms with E-state index in [0.29, 0.717) is 24.7 Å². The lowest BCUT2D eigenvalue weighted by Gasteiger charge is -2.06. The molecule has 0 atom stereocenters. The van der Waals surface area contributed by atoms with Gasteiger partial charge in [-0.3, -0.25) is 0 Å². The van der Waals surface area contributed by atoms with Gasteiger partial charge in [-0.1, -0.05) is 30.3 Å². The standard InChI is InChI=1S/C13H15N3O2/c1-10-16-12(9-18-10)8-15-13(17)14-7-11-5-3-2-4-6-11/h2-6,9H,7-8H2,1H3,(H2,14,15,17). The van der Waals surface area contributed by atoms with Crippen LogP contribution in [0, 0.1) is 6.92 Å². The lowest BCUT2D eigenvalue weighted by atomic mass is 10.2. The average molecular weight is 245 g/mol. The number of rotatable bonds is 4. The molecule has 0 bridgehead atoms. The van der Waals surface area contributed by atoms with E-state index in [4.69, 9.17) is 4.42 Å². The van der Waals surface area contributed by atoms with Gasteiger partial charge in [0.2, 0.25) is 0 Å². The number of aryl methyl sites for hydroxylation is 1. The third kappa shape index (κ3) is 3.62. The molecule has 1 aromatic carbocycles. The van der Waals surface area contributed by atoms with Gasteiger partial charge in [0.25, 0.3) is 0 Å². The Morgan fingerprint density at radius 2 is 1.94 bits per heavy atom. The fourth-order valence-corrected chi connectivity index (χ4v) is 1.50. The maximum absolute atomic E-state index is 11.5. The molecule has 2 N–H and O–H groups in total. The quantitative estimate of drug-likeness (QED) is 0.865. The summed E-state index contributed by atoms with van der Waals surface area (Å²) < 4.78 is 5.04. The molecule has 1 aromatic heterocycles. The molecule has 18 heavy (non-hydrogen) atoms. The Morgan fingerprint density at radius 1 is 1.22 bits per heavy atom. The molecule has 0 radical (unpaired) electrons. The van der Waals surface area contributed by atoms with Crippen LogP contribution < -0.4 is 10.6 Å². The zero-order valence-corrected chi connectivity index (χ0v) is 10.1. The molecule has 0 aliphatic carbocycles. The first-order valence-electron chi connectivity index (χ1n) is 5.70. The van der Waals surface area contributed by atoms with E-state index in [1.807, 2.05) is 30.3 Å². The van der Waals surface area contributed by atoms with Crippen molar-refractivity contribution in [2.45, 2.75) is 20.0 Å². The Kier molecular flexibility index (Phi) is 3.96. The number of benzene rings is 1. The Morgan fingerprint density at radius 3 is 2.61 bits per heavy atom. The van der Waals surface area contributed by atoms with Gasteiger partial charge in [-0.15, -0.1) is 0 Å². The number of nitrogens with zero attached hydrogens (tertiary/aromatic N) is 1. The highest BCUT2D eigenvalue weighted by Gasteiger charge is 2.03. The van der Waals surface area contributed by atoms with Gasteiger partial charge in [-0.25, -0.2) is 9.78 Å². The molecule has 94 valence electrons. The second-order valence-corrected chi connectivity index (χ2v) is 3.88.